The number of anilines is 1. The fraction of sp³-hybridized carbons (Fsp3) is 0.647. The predicted octanol–water partition coefficient (Wildman–Crippen LogP) is 2.28. The molecule has 0 unspecified atom stereocenters. The molecule has 0 radical (unpaired) electrons. The molecule has 1 aromatic rings. The molecule has 0 saturated carbocycles. The van der Waals surface area contributed by atoms with Crippen molar-refractivity contribution in [3.8, 4) is 0 Å². The van der Waals surface area contributed by atoms with Crippen molar-refractivity contribution in [2.24, 2.45) is 0 Å². The Morgan fingerprint density at radius 1 is 1.35 bits per heavy atom. The van der Waals surface area contributed by atoms with E-state index < -0.39 is 5.60 Å². The van der Waals surface area contributed by atoms with Gasteiger partial charge in [0.15, 0.2) is 0 Å². The van der Waals surface area contributed by atoms with Gasteiger partial charge in [0.25, 0.3) is 0 Å². The van der Waals surface area contributed by atoms with E-state index >= 15 is 0 Å². The largest absolute Gasteiger partial charge is 0.387 e. The number of aryl methyl sites for hydroxylation is 1. The second kappa shape index (κ2) is 5.38. The zero-order valence-corrected chi connectivity index (χ0v) is 12.7. The van der Waals surface area contributed by atoms with Crippen LogP contribution in [-0.2, 0) is 6.42 Å². The normalized spacial score (nSPS) is 31.1. The van der Waals surface area contributed by atoms with Crippen molar-refractivity contribution in [2.45, 2.75) is 44.2 Å². The lowest BCUT2D eigenvalue weighted by Gasteiger charge is -2.45. The van der Waals surface area contributed by atoms with Crippen molar-refractivity contribution < 1.29 is 5.11 Å². The van der Waals surface area contributed by atoms with E-state index in [-0.39, 0.29) is 0 Å². The standard InChI is InChI=1S/C17H26N2O/c1-14-8-9-15-6-3-4-7-16(15)19(14)13-17(20)10-5-11-18(2)12-17/h3-4,6-7,14,20H,5,8-13H2,1-2H3/t14-,17-/m0/s1. The summed E-state index contributed by atoms with van der Waals surface area (Å²) in [6, 6.07) is 9.18. The Morgan fingerprint density at radius 2 is 2.15 bits per heavy atom. The Bertz CT molecular complexity index is 476. The summed E-state index contributed by atoms with van der Waals surface area (Å²) in [6.07, 6.45) is 4.36. The lowest BCUT2D eigenvalue weighted by molar-refractivity contribution is -0.0178. The number of hydrogen-bond donors (Lipinski definition) is 1. The third-order valence-corrected chi connectivity index (χ3v) is 4.88. The van der Waals surface area contributed by atoms with Crippen molar-refractivity contribution in [2.75, 3.05) is 31.6 Å². The fourth-order valence-corrected chi connectivity index (χ4v) is 3.79. The van der Waals surface area contributed by atoms with Crippen molar-refractivity contribution in [1.29, 1.82) is 0 Å². The number of aliphatic hydroxyl groups is 1. The van der Waals surface area contributed by atoms with E-state index in [2.05, 4.69) is 48.0 Å². The molecule has 110 valence electrons. The summed E-state index contributed by atoms with van der Waals surface area (Å²) in [5, 5.41) is 11.0. The third-order valence-electron chi connectivity index (χ3n) is 4.88. The molecule has 1 N–H and O–H groups in total. The molecule has 3 rings (SSSR count). The number of hydrogen-bond acceptors (Lipinski definition) is 3. The molecule has 0 amide bonds. The van der Waals surface area contributed by atoms with Gasteiger partial charge in [0.2, 0.25) is 0 Å². The van der Waals surface area contributed by atoms with Crippen LogP contribution in [0.25, 0.3) is 0 Å². The molecule has 20 heavy (non-hydrogen) atoms. The molecule has 1 fully saturated rings. The maximum atomic E-state index is 11.0. The van der Waals surface area contributed by atoms with Gasteiger partial charge in [-0.1, -0.05) is 18.2 Å². The van der Waals surface area contributed by atoms with E-state index in [1.807, 2.05) is 0 Å². The number of likely N-dealkylation sites (tertiary alicyclic amines) is 1. The summed E-state index contributed by atoms with van der Waals surface area (Å²) in [5.74, 6) is 0. The second-order valence-corrected chi connectivity index (χ2v) is 6.71. The van der Waals surface area contributed by atoms with Crippen LogP contribution in [0.4, 0.5) is 5.69 Å². The van der Waals surface area contributed by atoms with Gasteiger partial charge in [-0.15, -0.1) is 0 Å². The summed E-state index contributed by atoms with van der Waals surface area (Å²) >= 11 is 0. The van der Waals surface area contributed by atoms with Crippen LogP contribution in [0.15, 0.2) is 24.3 Å². The molecule has 0 aromatic heterocycles. The van der Waals surface area contributed by atoms with Crippen LogP contribution in [0.3, 0.4) is 0 Å². The van der Waals surface area contributed by atoms with Gasteiger partial charge >= 0.3 is 0 Å². The molecule has 1 saturated heterocycles. The first-order chi connectivity index (χ1) is 9.57. The van der Waals surface area contributed by atoms with E-state index in [1.165, 1.54) is 17.7 Å². The molecule has 3 heteroatoms. The van der Waals surface area contributed by atoms with Gasteiger partial charge < -0.3 is 14.9 Å². The quantitative estimate of drug-likeness (QED) is 0.896. The van der Waals surface area contributed by atoms with E-state index in [1.54, 1.807) is 0 Å². The Kier molecular flexibility index (Phi) is 3.74. The summed E-state index contributed by atoms with van der Waals surface area (Å²) in [7, 11) is 2.11. The molecule has 0 spiro atoms. The Labute approximate surface area is 122 Å². The number of nitrogens with zero attached hydrogens (tertiary/aromatic N) is 2. The molecule has 3 nitrogen and oxygen atoms in total. The number of benzene rings is 1. The van der Waals surface area contributed by atoms with Gasteiger partial charge in [-0.2, -0.15) is 0 Å². The van der Waals surface area contributed by atoms with Crippen LogP contribution in [0.5, 0.6) is 0 Å². The summed E-state index contributed by atoms with van der Waals surface area (Å²) in [4.78, 5) is 4.68. The average molecular weight is 274 g/mol. The van der Waals surface area contributed by atoms with Crippen LogP contribution >= 0.6 is 0 Å². The minimum absolute atomic E-state index is 0.515. The maximum absolute atomic E-state index is 11.0. The first-order valence-electron chi connectivity index (χ1n) is 7.83. The molecular weight excluding hydrogens is 248 g/mol. The number of para-hydroxylation sites is 1. The van der Waals surface area contributed by atoms with Gasteiger partial charge in [-0.3, -0.25) is 0 Å². The van der Waals surface area contributed by atoms with Crippen LogP contribution in [0.2, 0.25) is 0 Å². The molecule has 0 bridgehead atoms. The molecular formula is C17H26N2O. The lowest BCUT2D eigenvalue weighted by atomic mass is 9.89. The van der Waals surface area contributed by atoms with E-state index in [4.69, 9.17) is 0 Å². The van der Waals surface area contributed by atoms with Crippen LogP contribution < -0.4 is 4.90 Å². The molecule has 1 aromatic carbocycles. The monoisotopic (exact) mass is 274 g/mol. The van der Waals surface area contributed by atoms with Gasteiger partial charge in [0.1, 0.15) is 0 Å². The molecule has 2 aliphatic heterocycles. The third kappa shape index (κ3) is 2.70. The Balaban J connectivity index is 1.82. The SMILES string of the molecule is C[C@H]1CCc2ccccc2N1C[C@]1(O)CCCN(C)C1. The van der Waals surface area contributed by atoms with Gasteiger partial charge in [0.05, 0.1) is 5.60 Å². The first-order valence-corrected chi connectivity index (χ1v) is 7.83. The van der Waals surface area contributed by atoms with E-state index in [0.717, 1.165) is 38.9 Å². The number of β-amino-alcohol motifs (C(OH)–C–C–N with tert-alkyl or cyclic N) is 1. The average Bonchev–Trinajstić information content (AvgIpc) is 2.42. The van der Waals surface area contributed by atoms with Crippen molar-refractivity contribution in [3.63, 3.8) is 0 Å². The highest BCUT2D eigenvalue weighted by Crippen LogP contribution is 2.33. The zero-order chi connectivity index (χ0) is 14.2. The highest BCUT2D eigenvalue weighted by atomic mass is 16.3. The first kappa shape index (κ1) is 13.9. The molecule has 0 aliphatic carbocycles. The predicted molar refractivity (Wildman–Crippen MR) is 83.3 cm³/mol. The second-order valence-electron chi connectivity index (χ2n) is 6.71. The van der Waals surface area contributed by atoms with E-state index in [9.17, 15) is 5.11 Å². The number of rotatable bonds is 2. The lowest BCUT2D eigenvalue weighted by Crippen LogP contribution is -2.55. The summed E-state index contributed by atoms with van der Waals surface area (Å²) in [6.45, 7) is 4.94. The van der Waals surface area contributed by atoms with Gasteiger partial charge in [-0.05, 0) is 57.8 Å². The van der Waals surface area contributed by atoms with E-state index in [0.29, 0.717) is 6.04 Å². The highest BCUT2D eigenvalue weighted by Gasteiger charge is 2.36. The van der Waals surface area contributed by atoms with Crippen LogP contribution in [-0.4, -0.2) is 48.3 Å². The van der Waals surface area contributed by atoms with Crippen LogP contribution in [0, 0.1) is 0 Å². The maximum Gasteiger partial charge on any atom is 0.0948 e. The molecule has 2 aliphatic rings. The highest BCUT2D eigenvalue weighted by molar-refractivity contribution is 5.56. The van der Waals surface area contributed by atoms with Crippen LogP contribution in [0.1, 0.15) is 31.7 Å². The minimum Gasteiger partial charge on any atom is -0.387 e. The van der Waals surface area contributed by atoms with Crippen molar-refractivity contribution in [3.05, 3.63) is 29.8 Å². The Morgan fingerprint density at radius 3 is 2.95 bits per heavy atom. The van der Waals surface area contributed by atoms with Gasteiger partial charge in [-0.25, -0.2) is 0 Å². The number of fused-ring (bicyclic) bond motifs is 1. The van der Waals surface area contributed by atoms with Crippen molar-refractivity contribution in [1.82, 2.24) is 4.90 Å². The topological polar surface area (TPSA) is 26.7 Å². The molecule has 2 heterocycles. The summed E-state index contributed by atoms with van der Waals surface area (Å²) < 4.78 is 0. The number of likely N-dealkylation sites (N-methyl/N-ethyl adjacent to an activating group) is 1. The Hall–Kier alpha value is -1.06. The summed E-state index contributed by atoms with van der Waals surface area (Å²) in [5.41, 5.74) is 2.19. The molecule has 2 atom stereocenters. The van der Waals surface area contributed by atoms with Crippen molar-refractivity contribution >= 4 is 5.69 Å². The minimum atomic E-state index is -0.564. The van der Waals surface area contributed by atoms with Gasteiger partial charge in [0, 0.05) is 24.8 Å². The number of piperidine rings is 1. The zero-order valence-electron chi connectivity index (χ0n) is 12.7. The smallest absolute Gasteiger partial charge is 0.0948 e. The fourth-order valence-electron chi connectivity index (χ4n) is 3.79.